The summed E-state index contributed by atoms with van der Waals surface area (Å²) in [6, 6.07) is 19.3. The summed E-state index contributed by atoms with van der Waals surface area (Å²) in [4.78, 5) is 23.2. The molecule has 0 N–H and O–H groups in total. The van der Waals surface area contributed by atoms with Gasteiger partial charge in [-0.05, 0) is 48.9 Å². The highest BCUT2D eigenvalue weighted by atomic mass is 35.5. The van der Waals surface area contributed by atoms with Crippen molar-refractivity contribution in [2.75, 3.05) is 31.1 Å². The van der Waals surface area contributed by atoms with E-state index in [0.717, 1.165) is 34.2 Å². The van der Waals surface area contributed by atoms with Gasteiger partial charge in [0.1, 0.15) is 0 Å². The molecule has 1 amide bonds. The fraction of sp³-hybridized carbons (Fsp3) is 0.208. The largest absolute Gasteiger partial charge is 0.368 e. The molecule has 5 rings (SSSR count). The topological polar surface area (TPSA) is 62.5 Å². The first-order chi connectivity index (χ1) is 15.6. The van der Waals surface area contributed by atoms with Gasteiger partial charge in [0.25, 0.3) is 11.8 Å². The van der Waals surface area contributed by atoms with Crippen LogP contribution in [0.3, 0.4) is 0 Å². The number of carbonyl (C=O) groups excluding carboxylic acids is 1. The maximum Gasteiger partial charge on any atom is 0.264 e. The zero-order valence-corrected chi connectivity index (χ0v) is 19.1. The van der Waals surface area contributed by atoms with Gasteiger partial charge in [0, 0.05) is 42.5 Å². The molecular weight excluding hydrogens is 444 g/mol. The highest BCUT2D eigenvalue weighted by molar-refractivity contribution is 7.17. The Morgan fingerprint density at radius 2 is 1.81 bits per heavy atom. The predicted octanol–water partition coefficient (Wildman–Crippen LogP) is 5.39. The van der Waals surface area contributed by atoms with Crippen molar-refractivity contribution in [2.24, 2.45) is 0 Å². The molecule has 2 aromatic carbocycles. The molecule has 32 heavy (non-hydrogen) atoms. The van der Waals surface area contributed by atoms with Crippen LogP contribution in [0.25, 0.3) is 22.2 Å². The Labute approximate surface area is 195 Å². The van der Waals surface area contributed by atoms with E-state index < -0.39 is 0 Å². The van der Waals surface area contributed by atoms with Crippen LogP contribution in [0, 0.1) is 6.92 Å². The lowest BCUT2D eigenvalue weighted by atomic mass is 10.1. The summed E-state index contributed by atoms with van der Waals surface area (Å²) in [6.07, 6.45) is 0. The van der Waals surface area contributed by atoms with E-state index in [9.17, 15) is 4.79 Å². The van der Waals surface area contributed by atoms with Crippen LogP contribution in [0.1, 0.15) is 15.2 Å². The van der Waals surface area contributed by atoms with Gasteiger partial charge in [-0.15, -0.1) is 11.3 Å². The van der Waals surface area contributed by atoms with Crippen LogP contribution < -0.4 is 4.90 Å². The first-order valence-corrected chi connectivity index (χ1v) is 11.6. The van der Waals surface area contributed by atoms with Crippen molar-refractivity contribution in [2.45, 2.75) is 6.92 Å². The minimum atomic E-state index is 0.0375. The normalized spacial score (nSPS) is 14.1. The lowest BCUT2D eigenvalue weighted by Crippen LogP contribution is -2.48. The molecule has 6 nitrogen and oxygen atoms in total. The van der Waals surface area contributed by atoms with Crippen molar-refractivity contribution in [3.63, 3.8) is 0 Å². The number of anilines is 1. The molecular formula is C24H21ClN4O2S. The number of rotatable bonds is 4. The third-order valence-corrected chi connectivity index (χ3v) is 6.87. The lowest BCUT2D eigenvalue weighted by molar-refractivity contribution is 0.0751. The Kier molecular flexibility index (Phi) is 5.68. The molecule has 1 fully saturated rings. The van der Waals surface area contributed by atoms with Gasteiger partial charge in [-0.25, -0.2) is 0 Å². The van der Waals surface area contributed by atoms with Gasteiger partial charge in [-0.1, -0.05) is 41.0 Å². The summed E-state index contributed by atoms with van der Waals surface area (Å²) < 4.78 is 5.40. The monoisotopic (exact) mass is 464 g/mol. The average Bonchev–Trinajstić information content (AvgIpc) is 3.51. The molecule has 1 aliphatic rings. The number of nitrogens with zero attached hydrogens (tertiary/aromatic N) is 4. The number of aryl methyl sites for hydroxylation is 1. The molecule has 0 radical (unpaired) electrons. The Morgan fingerprint density at radius 3 is 2.59 bits per heavy atom. The van der Waals surface area contributed by atoms with Crippen LogP contribution in [0.5, 0.6) is 0 Å². The molecule has 162 valence electrons. The molecule has 4 aromatic rings. The maximum atomic E-state index is 13.1. The van der Waals surface area contributed by atoms with Gasteiger partial charge < -0.3 is 14.3 Å². The molecule has 0 bridgehead atoms. The van der Waals surface area contributed by atoms with Crippen molar-refractivity contribution >= 4 is 34.5 Å². The minimum absolute atomic E-state index is 0.0375. The van der Waals surface area contributed by atoms with E-state index in [2.05, 4.69) is 22.0 Å². The summed E-state index contributed by atoms with van der Waals surface area (Å²) in [7, 11) is 0. The number of benzene rings is 2. The van der Waals surface area contributed by atoms with E-state index in [0.29, 0.717) is 29.7 Å². The lowest BCUT2D eigenvalue weighted by Gasteiger charge is -2.36. The van der Waals surface area contributed by atoms with Crippen LogP contribution in [-0.2, 0) is 0 Å². The second-order valence-electron chi connectivity index (χ2n) is 7.66. The molecule has 2 aromatic heterocycles. The number of carbonyl (C=O) groups is 1. The summed E-state index contributed by atoms with van der Waals surface area (Å²) in [5.41, 5.74) is 3.19. The van der Waals surface area contributed by atoms with Gasteiger partial charge in [-0.3, -0.25) is 4.79 Å². The number of amides is 1. The summed E-state index contributed by atoms with van der Waals surface area (Å²) >= 11 is 7.57. The van der Waals surface area contributed by atoms with Crippen molar-refractivity contribution in [3.8, 4) is 22.2 Å². The second kappa shape index (κ2) is 8.76. The fourth-order valence-electron chi connectivity index (χ4n) is 3.82. The molecule has 0 saturated carbocycles. The Bertz CT molecular complexity index is 1250. The summed E-state index contributed by atoms with van der Waals surface area (Å²) in [6.45, 7) is 4.96. The smallest absolute Gasteiger partial charge is 0.264 e. The zero-order chi connectivity index (χ0) is 22.1. The van der Waals surface area contributed by atoms with Crippen molar-refractivity contribution in [3.05, 3.63) is 76.1 Å². The molecule has 0 aliphatic carbocycles. The van der Waals surface area contributed by atoms with Crippen LogP contribution in [0.2, 0.25) is 5.02 Å². The first-order valence-electron chi connectivity index (χ1n) is 10.4. The van der Waals surface area contributed by atoms with Crippen molar-refractivity contribution < 1.29 is 9.32 Å². The van der Waals surface area contributed by atoms with Crippen LogP contribution in [-0.4, -0.2) is 47.1 Å². The van der Waals surface area contributed by atoms with Gasteiger partial charge in [0.15, 0.2) is 0 Å². The standard InChI is InChI=1S/C24H21ClN4O2S/c1-16-7-8-18(25)15-19(16)28-11-13-29(14-12-28)24(30)21-10-9-20(32-21)22-26-23(31-27-22)17-5-3-2-4-6-17/h2-10,15H,11-14H2,1H3. The quantitative estimate of drug-likeness (QED) is 0.405. The number of hydrogen-bond donors (Lipinski definition) is 0. The van der Waals surface area contributed by atoms with Crippen LogP contribution in [0.4, 0.5) is 5.69 Å². The Balaban J connectivity index is 1.26. The molecule has 1 saturated heterocycles. The van der Waals surface area contributed by atoms with E-state index in [1.54, 1.807) is 0 Å². The van der Waals surface area contributed by atoms with Crippen LogP contribution in [0.15, 0.2) is 65.2 Å². The molecule has 3 heterocycles. The van der Waals surface area contributed by atoms with Gasteiger partial charge in [-0.2, -0.15) is 4.98 Å². The summed E-state index contributed by atoms with van der Waals surface area (Å²) in [5, 5.41) is 4.82. The number of hydrogen-bond acceptors (Lipinski definition) is 6. The number of piperazine rings is 1. The molecule has 8 heteroatoms. The van der Waals surface area contributed by atoms with E-state index in [-0.39, 0.29) is 5.91 Å². The zero-order valence-electron chi connectivity index (χ0n) is 17.5. The fourth-order valence-corrected chi connectivity index (χ4v) is 4.89. The van der Waals surface area contributed by atoms with E-state index >= 15 is 0 Å². The van der Waals surface area contributed by atoms with E-state index in [1.165, 1.54) is 16.9 Å². The summed E-state index contributed by atoms with van der Waals surface area (Å²) in [5.74, 6) is 0.999. The van der Waals surface area contributed by atoms with Gasteiger partial charge >= 0.3 is 0 Å². The highest BCUT2D eigenvalue weighted by Gasteiger charge is 2.25. The Hall–Kier alpha value is -3.16. The van der Waals surface area contributed by atoms with E-state index in [4.69, 9.17) is 16.1 Å². The number of halogens is 1. The van der Waals surface area contributed by atoms with Gasteiger partial charge in [0.05, 0.1) is 9.75 Å². The average molecular weight is 465 g/mol. The third-order valence-electron chi connectivity index (χ3n) is 5.56. The third kappa shape index (κ3) is 4.13. The second-order valence-corrected chi connectivity index (χ2v) is 9.18. The van der Waals surface area contributed by atoms with Crippen molar-refractivity contribution in [1.82, 2.24) is 15.0 Å². The number of thiophene rings is 1. The molecule has 0 unspecified atom stereocenters. The maximum absolute atomic E-state index is 13.1. The predicted molar refractivity (Wildman–Crippen MR) is 127 cm³/mol. The number of aromatic nitrogens is 2. The minimum Gasteiger partial charge on any atom is -0.368 e. The molecule has 0 atom stereocenters. The Morgan fingerprint density at radius 1 is 1.03 bits per heavy atom. The molecule has 1 aliphatic heterocycles. The van der Waals surface area contributed by atoms with Gasteiger partial charge in [0.2, 0.25) is 5.82 Å². The van der Waals surface area contributed by atoms with E-state index in [1.807, 2.05) is 65.6 Å². The SMILES string of the molecule is Cc1ccc(Cl)cc1N1CCN(C(=O)c2ccc(-c3noc(-c4ccccc4)n3)s2)CC1. The van der Waals surface area contributed by atoms with Crippen molar-refractivity contribution in [1.29, 1.82) is 0 Å². The first kappa shape index (κ1) is 20.7. The highest BCUT2D eigenvalue weighted by Crippen LogP contribution is 2.30. The van der Waals surface area contributed by atoms with Crippen LogP contribution >= 0.6 is 22.9 Å². The molecule has 0 spiro atoms.